The van der Waals surface area contributed by atoms with Crippen LogP contribution in [0.1, 0.15) is 5.69 Å². The molecule has 3 heterocycles. The third kappa shape index (κ3) is 1.83. The van der Waals surface area contributed by atoms with E-state index < -0.39 is 8.80 Å². The van der Waals surface area contributed by atoms with E-state index in [1.165, 1.54) is 5.69 Å². The first-order chi connectivity index (χ1) is 7.36. The molecule has 1 N–H and O–H groups in total. The molecule has 5 heteroatoms. The quantitative estimate of drug-likeness (QED) is 0.699. The molecule has 2 fully saturated rings. The SMILES string of the molecule is c1ccc(CC[Si]23OCC(CO2)O3)[nH+]c1. The van der Waals surface area contributed by atoms with Gasteiger partial charge in [-0.3, -0.25) is 0 Å². The van der Waals surface area contributed by atoms with Gasteiger partial charge in [0.2, 0.25) is 0 Å². The third-order valence-electron chi connectivity index (χ3n) is 2.80. The summed E-state index contributed by atoms with van der Waals surface area (Å²) in [6.45, 7) is 1.45. The molecule has 2 saturated heterocycles. The topological polar surface area (TPSA) is 41.8 Å². The summed E-state index contributed by atoms with van der Waals surface area (Å²) < 4.78 is 17.0. The lowest BCUT2D eigenvalue weighted by atomic mass is 10.3. The highest BCUT2D eigenvalue weighted by molar-refractivity contribution is 6.61. The number of aromatic amines is 1. The van der Waals surface area contributed by atoms with Crippen LogP contribution in [0, 0.1) is 0 Å². The number of aryl methyl sites for hydroxylation is 1. The number of rotatable bonds is 3. The molecule has 0 saturated carbocycles. The van der Waals surface area contributed by atoms with Gasteiger partial charge in [-0.25, -0.2) is 4.98 Å². The van der Waals surface area contributed by atoms with E-state index in [9.17, 15) is 0 Å². The number of aromatic nitrogens is 1. The highest BCUT2D eigenvalue weighted by atomic mass is 28.4. The monoisotopic (exact) mass is 224 g/mol. The van der Waals surface area contributed by atoms with Gasteiger partial charge in [0.25, 0.3) is 0 Å². The Morgan fingerprint density at radius 3 is 2.80 bits per heavy atom. The Labute approximate surface area is 89.6 Å². The van der Waals surface area contributed by atoms with Crippen molar-refractivity contribution in [1.29, 1.82) is 0 Å². The zero-order valence-corrected chi connectivity index (χ0v) is 9.44. The number of hydrogen-bond donors (Lipinski definition) is 0. The van der Waals surface area contributed by atoms with Gasteiger partial charge in [0, 0.05) is 24.6 Å². The molecule has 2 aliphatic heterocycles. The van der Waals surface area contributed by atoms with E-state index in [-0.39, 0.29) is 6.10 Å². The average molecular weight is 224 g/mol. The molecule has 1 aromatic heterocycles. The second-order valence-corrected chi connectivity index (χ2v) is 6.61. The van der Waals surface area contributed by atoms with Crippen LogP contribution in [0.2, 0.25) is 6.04 Å². The molecule has 3 rings (SSSR count). The summed E-state index contributed by atoms with van der Waals surface area (Å²) in [5, 5.41) is 0. The van der Waals surface area contributed by atoms with Crippen LogP contribution in [0.4, 0.5) is 0 Å². The molecule has 80 valence electrons. The van der Waals surface area contributed by atoms with Crippen LogP contribution in [-0.4, -0.2) is 28.1 Å². The maximum atomic E-state index is 5.76. The fourth-order valence-corrected chi connectivity index (χ4v) is 4.72. The third-order valence-corrected chi connectivity index (χ3v) is 5.57. The average Bonchev–Trinajstić information content (AvgIpc) is 2.89. The molecule has 0 aromatic carbocycles. The maximum Gasteiger partial charge on any atom is 0.502 e. The zero-order valence-electron chi connectivity index (χ0n) is 8.44. The molecule has 0 amide bonds. The standard InChI is InChI=1S/C10H13NO3Si/c1-2-5-11-9(3-1)4-6-15-12-7-10(14-15)8-13-15/h1-3,5,10H,4,6-8H2/p+1. The summed E-state index contributed by atoms with van der Waals surface area (Å²) in [6.07, 6.45) is 3.07. The van der Waals surface area contributed by atoms with E-state index in [0.29, 0.717) is 0 Å². The lowest BCUT2D eigenvalue weighted by Gasteiger charge is -2.18. The lowest BCUT2D eigenvalue weighted by Crippen LogP contribution is -2.39. The predicted octanol–water partition coefficient (Wildman–Crippen LogP) is 0.428. The molecule has 4 nitrogen and oxygen atoms in total. The Balaban J connectivity index is 1.62. The van der Waals surface area contributed by atoms with Crippen molar-refractivity contribution in [3.63, 3.8) is 0 Å². The van der Waals surface area contributed by atoms with E-state index in [0.717, 1.165) is 25.7 Å². The highest BCUT2D eigenvalue weighted by Gasteiger charge is 2.54. The van der Waals surface area contributed by atoms with E-state index in [4.69, 9.17) is 13.3 Å². The predicted molar refractivity (Wildman–Crippen MR) is 54.0 cm³/mol. The molecule has 0 spiro atoms. The molecular weight excluding hydrogens is 210 g/mol. The minimum absolute atomic E-state index is 0.205. The summed E-state index contributed by atoms with van der Waals surface area (Å²) >= 11 is 0. The molecule has 0 aliphatic carbocycles. The summed E-state index contributed by atoms with van der Waals surface area (Å²) in [4.78, 5) is 3.20. The first-order valence-corrected chi connectivity index (χ1v) is 7.21. The van der Waals surface area contributed by atoms with Crippen molar-refractivity contribution in [2.24, 2.45) is 0 Å². The van der Waals surface area contributed by atoms with Crippen molar-refractivity contribution in [3.8, 4) is 0 Å². The van der Waals surface area contributed by atoms with Crippen molar-refractivity contribution < 1.29 is 18.3 Å². The van der Waals surface area contributed by atoms with Gasteiger partial charge >= 0.3 is 8.80 Å². The Morgan fingerprint density at radius 1 is 1.33 bits per heavy atom. The van der Waals surface area contributed by atoms with E-state index in [1.54, 1.807) is 0 Å². The number of nitrogens with one attached hydrogen (secondary N) is 1. The molecule has 0 radical (unpaired) electrons. The fraction of sp³-hybridized carbons (Fsp3) is 0.500. The molecule has 1 aromatic rings. The van der Waals surface area contributed by atoms with Crippen molar-refractivity contribution >= 4 is 8.80 Å². The number of fused-ring (bicyclic) bond motifs is 2. The second-order valence-electron chi connectivity index (χ2n) is 3.93. The van der Waals surface area contributed by atoms with Crippen LogP contribution in [0.25, 0.3) is 0 Å². The van der Waals surface area contributed by atoms with Crippen LogP contribution in [0.5, 0.6) is 0 Å². The van der Waals surface area contributed by atoms with Gasteiger partial charge in [0.05, 0.1) is 19.3 Å². The minimum Gasteiger partial charge on any atom is -0.371 e. The first-order valence-electron chi connectivity index (χ1n) is 5.28. The molecule has 0 atom stereocenters. The van der Waals surface area contributed by atoms with Crippen molar-refractivity contribution in [3.05, 3.63) is 30.1 Å². The second kappa shape index (κ2) is 3.68. The van der Waals surface area contributed by atoms with Crippen LogP contribution in [0.15, 0.2) is 24.4 Å². The van der Waals surface area contributed by atoms with Crippen LogP contribution >= 0.6 is 0 Å². The summed E-state index contributed by atoms with van der Waals surface area (Å²) in [7, 11) is -2.24. The zero-order chi connectivity index (χ0) is 10.1. The van der Waals surface area contributed by atoms with Crippen molar-refractivity contribution in [1.82, 2.24) is 0 Å². The van der Waals surface area contributed by atoms with Gasteiger partial charge in [-0.05, 0) is 0 Å². The minimum atomic E-state index is -2.24. The number of hydrogen-bond acceptors (Lipinski definition) is 3. The Morgan fingerprint density at radius 2 is 2.20 bits per heavy atom. The van der Waals surface area contributed by atoms with E-state index in [1.807, 2.05) is 18.3 Å². The van der Waals surface area contributed by atoms with Crippen molar-refractivity contribution in [2.75, 3.05) is 13.2 Å². The fourth-order valence-electron chi connectivity index (χ4n) is 2.00. The van der Waals surface area contributed by atoms with Crippen LogP contribution < -0.4 is 4.98 Å². The van der Waals surface area contributed by atoms with Crippen LogP contribution in [0.3, 0.4) is 0 Å². The van der Waals surface area contributed by atoms with Gasteiger partial charge in [-0.2, -0.15) is 0 Å². The summed E-state index contributed by atoms with van der Waals surface area (Å²) in [5.74, 6) is 0. The molecular formula is C10H14NO3Si+. The Bertz CT molecular complexity index is 338. The molecule has 15 heavy (non-hydrogen) atoms. The smallest absolute Gasteiger partial charge is 0.371 e. The first kappa shape index (κ1) is 9.47. The van der Waals surface area contributed by atoms with Gasteiger partial charge < -0.3 is 13.3 Å². The van der Waals surface area contributed by atoms with Crippen LogP contribution in [-0.2, 0) is 19.7 Å². The summed E-state index contributed by atoms with van der Waals surface area (Å²) in [5.41, 5.74) is 1.20. The highest BCUT2D eigenvalue weighted by Crippen LogP contribution is 2.31. The van der Waals surface area contributed by atoms with Crippen molar-refractivity contribution in [2.45, 2.75) is 18.6 Å². The summed E-state index contributed by atoms with van der Waals surface area (Å²) in [6, 6.07) is 6.96. The Kier molecular flexibility index (Phi) is 2.32. The maximum absolute atomic E-state index is 5.76. The Hall–Kier alpha value is -0.753. The van der Waals surface area contributed by atoms with Gasteiger partial charge in [0.15, 0.2) is 11.9 Å². The molecule has 2 bridgehead atoms. The number of pyridine rings is 1. The van der Waals surface area contributed by atoms with E-state index >= 15 is 0 Å². The van der Waals surface area contributed by atoms with E-state index in [2.05, 4.69) is 11.1 Å². The lowest BCUT2D eigenvalue weighted by molar-refractivity contribution is -0.390. The van der Waals surface area contributed by atoms with Gasteiger partial charge in [0.1, 0.15) is 0 Å². The molecule has 0 unspecified atom stereocenters. The largest absolute Gasteiger partial charge is 0.502 e. The normalized spacial score (nSPS) is 33.5. The van der Waals surface area contributed by atoms with Gasteiger partial charge in [-0.15, -0.1) is 0 Å². The van der Waals surface area contributed by atoms with Gasteiger partial charge in [-0.1, -0.05) is 6.07 Å². The number of H-pyrrole nitrogens is 1. The molecule has 2 aliphatic rings.